The van der Waals surface area contributed by atoms with E-state index in [4.69, 9.17) is 26.8 Å². The molecule has 1 atom stereocenters. The molecule has 1 saturated carbocycles. The van der Waals surface area contributed by atoms with Gasteiger partial charge in [-0.3, -0.25) is 4.79 Å². The first kappa shape index (κ1) is 26.9. The van der Waals surface area contributed by atoms with Crippen molar-refractivity contribution in [2.45, 2.75) is 50.9 Å². The van der Waals surface area contributed by atoms with Crippen LogP contribution in [0, 0.1) is 5.82 Å². The summed E-state index contributed by atoms with van der Waals surface area (Å²) in [5.74, 6) is 0.123. The Morgan fingerprint density at radius 1 is 1.16 bits per heavy atom. The highest BCUT2D eigenvalue weighted by Crippen LogP contribution is 2.34. The Hall–Kier alpha value is -3.20. The van der Waals surface area contributed by atoms with Crippen LogP contribution < -0.4 is 20.5 Å². The summed E-state index contributed by atoms with van der Waals surface area (Å²) in [4.78, 5) is 17.5. The van der Waals surface area contributed by atoms with Crippen LogP contribution in [0.2, 0.25) is 5.02 Å². The van der Waals surface area contributed by atoms with Gasteiger partial charge >= 0.3 is 0 Å². The third kappa shape index (κ3) is 6.39. The molecule has 9 heteroatoms. The molecule has 3 aromatic rings. The summed E-state index contributed by atoms with van der Waals surface area (Å²) >= 11 is 5.98. The van der Waals surface area contributed by atoms with E-state index in [0.29, 0.717) is 39.6 Å². The fourth-order valence-electron chi connectivity index (χ4n) is 3.70. The Morgan fingerprint density at radius 3 is 2.51 bits per heavy atom. The maximum atomic E-state index is 13.7. The van der Waals surface area contributed by atoms with E-state index in [9.17, 15) is 14.3 Å². The van der Waals surface area contributed by atoms with E-state index in [1.807, 2.05) is 13.8 Å². The first-order valence-corrected chi connectivity index (χ1v) is 12.4. The van der Waals surface area contributed by atoms with Crippen molar-refractivity contribution in [3.8, 4) is 22.8 Å². The van der Waals surface area contributed by atoms with Crippen LogP contribution in [0.5, 0.6) is 11.5 Å². The third-order valence-electron chi connectivity index (χ3n) is 6.17. The van der Waals surface area contributed by atoms with Crippen LogP contribution in [0.4, 0.5) is 4.39 Å². The molecule has 196 valence electrons. The number of amides is 1. The van der Waals surface area contributed by atoms with Gasteiger partial charge in [-0.15, -0.1) is 0 Å². The van der Waals surface area contributed by atoms with Crippen LogP contribution in [0.15, 0.2) is 48.5 Å². The lowest BCUT2D eigenvalue weighted by molar-refractivity contribution is 0.0489. The van der Waals surface area contributed by atoms with Crippen molar-refractivity contribution >= 4 is 17.5 Å². The Balaban J connectivity index is 1.58. The van der Waals surface area contributed by atoms with E-state index in [2.05, 4.69) is 10.3 Å². The zero-order valence-electron chi connectivity index (χ0n) is 21.3. The standard InChI is InChI=1S/C28H31ClFN3O4/c1-27(2,31)18-13-22(16-5-9-21(30)20(29)11-16)33-25(14-18)28(3,35)15-32-26(34)17-6-10-23(24(12-17)36-4)37-19-7-8-19/h5-6,9-14,19,35H,7-8,15,31H2,1-4H3,(H,32,34). The largest absolute Gasteiger partial charge is 0.493 e. The third-order valence-corrected chi connectivity index (χ3v) is 6.46. The topological polar surface area (TPSA) is 107 Å². The predicted octanol–water partition coefficient (Wildman–Crippen LogP) is 4.92. The lowest BCUT2D eigenvalue weighted by Gasteiger charge is -2.27. The number of halogens is 2. The molecule has 1 unspecified atom stereocenters. The van der Waals surface area contributed by atoms with Gasteiger partial charge in [0.1, 0.15) is 11.4 Å². The average Bonchev–Trinajstić information content (AvgIpc) is 3.67. The Bertz CT molecular complexity index is 1320. The van der Waals surface area contributed by atoms with E-state index in [1.54, 1.807) is 43.3 Å². The van der Waals surface area contributed by atoms with Crippen molar-refractivity contribution in [1.82, 2.24) is 10.3 Å². The number of aliphatic hydroxyl groups is 1. The minimum absolute atomic E-state index is 0.0405. The number of methoxy groups -OCH3 is 1. The van der Waals surface area contributed by atoms with Gasteiger partial charge in [-0.1, -0.05) is 11.6 Å². The van der Waals surface area contributed by atoms with Crippen molar-refractivity contribution in [1.29, 1.82) is 0 Å². The SMILES string of the molecule is COc1cc(C(=O)NCC(C)(O)c2cc(C(C)(C)N)cc(-c3ccc(F)c(Cl)c3)n2)ccc1OC1CC1. The lowest BCUT2D eigenvalue weighted by Crippen LogP contribution is -2.40. The van der Waals surface area contributed by atoms with Gasteiger partial charge in [0.15, 0.2) is 11.5 Å². The lowest BCUT2D eigenvalue weighted by atomic mass is 9.90. The van der Waals surface area contributed by atoms with Crippen LogP contribution >= 0.6 is 11.6 Å². The maximum Gasteiger partial charge on any atom is 0.251 e. The number of rotatable bonds is 9. The molecule has 37 heavy (non-hydrogen) atoms. The number of benzene rings is 2. The number of pyridine rings is 1. The van der Waals surface area contributed by atoms with Crippen LogP contribution in [-0.2, 0) is 11.1 Å². The number of nitrogens with zero attached hydrogens (tertiary/aromatic N) is 1. The van der Waals surface area contributed by atoms with E-state index < -0.39 is 22.9 Å². The summed E-state index contributed by atoms with van der Waals surface area (Å²) in [5.41, 5.74) is 6.45. The van der Waals surface area contributed by atoms with Crippen LogP contribution in [0.25, 0.3) is 11.3 Å². The smallest absolute Gasteiger partial charge is 0.251 e. The number of carbonyl (C=O) groups is 1. The van der Waals surface area contributed by atoms with E-state index in [0.717, 1.165) is 12.8 Å². The van der Waals surface area contributed by atoms with Gasteiger partial charge in [0.2, 0.25) is 0 Å². The number of carbonyl (C=O) groups excluding carboxylic acids is 1. The summed E-state index contributed by atoms with van der Waals surface area (Å²) in [5, 5.41) is 14.1. The van der Waals surface area contributed by atoms with E-state index in [1.165, 1.54) is 19.2 Å². The molecule has 0 radical (unpaired) electrons. The zero-order chi connectivity index (χ0) is 27.0. The van der Waals surface area contributed by atoms with Gasteiger partial charge < -0.3 is 25.6 Å². The molecule has 1 aliphatic carbocycles. The molecule has 0 aliphatic heterocycles. The molecule has 0 saturated heterocycles. The molecule has 0 bridgehead atoms. The summed E-state index contributed by atoms with van der Waals surface area (Å²) < 4.78 is 24.9. The fraction of sp³-hybridized carbons (Fsp3) is 0.357. The highest BCUT2D eigenvalue weighted by atomic mass is 35.5. The number of ether oxygens (including phenoxy) is 2. The number of hydrogen-bond donors (Lipinski definition) is 3. The second kappa shape index (κ2) is 10.3. The second-order valence-corrected chi connectivity index (χ2v) is 10.5. The maximum absolute atomic E-state index is 13.7. The predicted molar refractivity (Wildman–Crippen MR) is 140 cm³/mol. The number of nitrogens with two attached hydrogens (primary N) is 1. The molecule has 4 N–H and O–H groups in total. The quantitative estimate of drug-likeness (QED) is 0.364. The minimum Gasteiger partial charge on any atom is -0.493 e. The summed E-state index contributed by atoms with van der Waals surface area (Å²) in [7, 11) is 1.52. The summed E-state index contributed by atoms with van der Waals surface area (Å²) in [6.07, 6.45) is 2.21. The van der Waals surface area contributed by atoms with Crippen LogP contribution in [0.3, 0.4) is 0 Å². The highest BCUT2D eigenvalue weighted by Gasteiger charge is 2.30. The molecule has 1 amide bonds. The molecule has 1 fully saturated rings. The fourth-order valence-corrected chi connectivity index (χ4v) is 3.88. The Labute approximate surface area is 220 Å². The average molecular weight is 528 g/mol. The summed E-state index contributed by atoms with van der Waals surface area (Å²) in [6.45, 7) is 5.08. The van der Waals surface area contributed by atoms with Gasteiger partial charge in [-0.2, -0.15) is 0 Å². The molecule has 1 aromatic heterocycles. The van der Waals surface area contributed by atoms with Crippen molar-refractivity contribution in [3.63, 3.8) is 0 Å². The molecular weight excluding hydrogens is 497 g/mol. The van der Waals surface area contributed by atoms with Gasteiger partial charge in [0.05, 0.1) is 36.2 Å². The Kier molecular flexibility index (Phi) is 7.46. The van der Waals surface area contributed by atoms with Gasteiger partial charge in [0, 0.05) is 16.7 Å². The van der Waals surface area contributed by atoms with Crippen LogP contribution in [-0.4, -0.2) is 35.8 Å². The normalized spacial score (nSPS) is 15.1. The highest BCUT2D eigenvalue weighted by molar-refractivity contribution is 6.31. The van der Waals surface area contributed by atoms with Crippen molar-refractivity contribution in [2.75, 3.05) is 13.7 Å². The van der Waals surface area contributed by atoms with Crippen molar-refractivity contribution in [3.05, 3.63) is 76.2 Å². The molecular formula is C28H31ClFN3O4. The Morgan fingerprint density at radius 2 is 1.89 bits per heavy atom. The molecule has 2 aromatic carbocycles. The van der Waals surface area contributed by atoms with E-state index >= 15 is 0 Å². The molecule has 4 rings (SSSR count). The molecule has 1 aliphatic rings. The monoisotopic (exact) mass is 527 g/mol. The molecule has 0 spiro atoms. The molecule has 1 heterocycles. The zero-order valence-corrected chi connectivity index (χ0v) is 22.0. The number of nitrogens with one attached hydrogen (secondary N) is 1. The second-order valence-electron chi connectivity index (χ2n) is 10.1. The molecule has 7 nitrogen and oxygen atoms in total. The van der Waals surface area contributed by atoms with Gasteiger partial charge in [-0.25, -0.2) is 9.37 Å². The minimum atomic E-state index is -1.55. The van der Waals surface area contributed by atoms with Crippen molar-refractivity contribution in [2.24, 2.45) is 5.73 Å². The first-order valence-electron chi connectivity index (χ1n) is 12.0. The number of aromatic nitrogens is 1. The van der Waals surface area contributed by atoms with Gasteiger partial charge in [0.25, 0.3) is 5.91 Å². The van der Waals surface area contributed by atoms with Gasteiger partial charge in [-0.05, 0) is 87.7 Å². The summed E-state index contributed by atoms with van der Waals surface area (Å²) in [6, 6.07) is 12.7. The number of hydrogen-bond acceptors (Lipinski definition) is 6. The first-order chi connectivity index (χ1) is 17.4. The van der Waals surface area contributed by atoms with E-state index in [-0.39, 0.29) is 17.7 Å². The van der Waals surface area contributed by atoms with Crippen LogP contribution in [0.1, 0.15) is 55.2 Å². The van der Waals surface area contributed by atoms with Crippen molar-refractivity contribution < 1.29 is 23.8 Å².